The molecule has 1 aromatic rings. The number of benzene rings is 1. The van der Waals surface area contributed by atoms with Crippen LogP contribution in [0, 0.1) is 6.92 Å². The number of nitrogens with zero attached hydrogens (tertiary/aromatic N) is 2. The van der Waals surface area contributed by atoms with Crippen LogP contribution in [0.3, 0.4) is 0 Å². The number of rotatable bonds is 3. The van der Waals surface area contributed by atoms with E-state index in [-0.39, 0.29) is 0 Å². The van der Waals surface area contributed by atoms with Crippen molar-refractivity contribution in [3.05, 3.63) is 35.4 Å². The predicted molar refractivity (Wildman–Crippen MR) is 81.1 cm³/mol. The first-order valence-electron chi connectivity index (χ1n) is 7.30. The topological polar surface area (TPSA) is 32.5 Å². The Bertz CT molecular complexity index is 387. The Morgan fingerprint density at radius 2 is 1.95 bits per heavy atom. The van der Waals surface area contributed by atoms with Crippen molar-refractivity contribution in [1.82, 2.24) is 9.80 Å². The molecule has 1 aliphatic rings. The summed E-state index contributed by atoms with van der Waals surface area (Å²) in [6.45, 7) is 8.47. The lowest BCUT2D eigenvalue weighted by Crippen LogP contribution is -2.44. The van der Waals surface area contributed by atoms with Gasteiger partial charge in [-0.25, -0.2) is 0 Å². The van der Waals surface area contributed by atoms with Crippen LogP contribution in [-0.4, -0.2) is 48.6 Å². The minimum Gasteiger partial charge on any atom is -0.329 e. The van der Waals surface area contributed by atoms with Crippen molar-refractivity contribution in [2.75, 3.05) is 26.7 Å². The summed E-state index contributed by atoms with van der Waals surface area (Å²) in [5.41, 5.74) is 8.64. The van der Waals surface area contributed by atoms with E-state index < -0.39 is 0 Å². The predicted octanol–water partition coefficient (Wildman–Crippen LogP) is 1.85. The van der Waals surface area contributed by atoms with E-state index in [2.05, 4.69) is 55.0 Å². The van der Waals surface area contributed by atoms with Gasteiger partial charge < -0.3 is 10.6 Å². The Balaban J connectivity index is 2.06. The third-order valence-electron chi connectivity index (χ3n) is 4.37. The first-order valence-corrected chi connectivity index (χ1v) is 7.30. The van der Waals surface area contributed by atoms with Gasteiger partial charge in [0, 0.05) is 31.7 Å². The molecule has 1 aliphatic heterocycles. The average molecular weight is 261 g/mol. The van der Waals surface area contributed by atoms with Gasteiger partial charge in [0.1, 0.15) is 0 Å². The number of hydrogen-bond acceptors (Lipinski definition) is 3. The monoisotopic (exact) mass is 261 g/mol. The molecule has 0 aromatic heterocycles. The van der Waals surface area contributed by atoms with Crippen molar-refractivity contribution in [1.29, 1.82) is 0 Å². The van der Waals surface area contributed by atoms with Crippen LogP contribution in [0.2, 0.25) is 0 Å². The molecule has 1 fully saturated rings. The van der Waals surface area contributed by atoms with E-state index in [1.807, 2.05) is 0 Å². The van der Waals surface area contributed by atoms with E-state index in [9.17, 15) is 0 Å². The fourth-order valence-electron chi connectivity index (χ4n) is 2.75. The summed E-state index contributed by atoms with van der Waals surface area (Å²) in [5.74, 6) is 0. The zero-order valence-electron chi connectivity index (χ0n) is 12.5. The van der Waals surface area contributed by atoms with Gasteiger partial charge in [-0.05, 0) is 39.4 Å². The molecule has 1 heterocycles. The molecule has 3 heteroatoms. The molecule has 106 valence electrons. The molecule has 0 bridgehead atoms. The zero-order chi connectivity index (χ0) is 13.8. The van der Waals surface area contributed by atoms with Crippen LogP contribution in [0.1, 0.15) is 24.5 Å². The minimum absolute atomic E-state index is 0.482. The number of nitrogens with two attached hydrogens (primary N) is 1. The molecule has 2 atom stereocenters. The van der Waals surface area contributed by atoms with Crippen molar-refractivity contribution in [3.8, 4) is 0 Å². The molecule has 0 radical (unpaired) electrons. The maximum atomic E-state index is 5.92. The standard InChI is InChI=1S/C16H27N3/c1-13-4-6-15(7-5-13)11-19-12-16(10-17)18(3)9-8-14(19)2/h4-7,14,16H,8-12,17H2,1-3H3. The normalized spacial score (nSPS) is 26.3. The van der Waals surface area contributed by atoms with Gasteiger partial charge in [0.05, 0.1) is 0 Å². The van der Waals surface area contributed by atoms with Crippen molar-refractivity contribution < 1.29 is 0 Å². The second kappa shape index (κ2) is 6.51. The van der Waals surface area contributed by atoms with Crippen LogP contribution in [-0.2, 0) is 6.54 Å². The Labute approximate surface area is 117 Å². The summed E-state index contributed by atoms with van der Waals surface area (Å²) in [4.78, 5) is 4.98. The van der Waals surface area contributed by atoms with E-state index in [0.717, 1.165) is 26.2 Å². The molecule has 1 saturated heterocycles. The van der Waals surface area contributed by atoms with Gasteiger partial charge >= 0.3 is 0 Å². The van der Waals surface area contributed by atoms with Gasteiger partial charge in [-0.1, -0.05) is 29.8 Å². The van der Waals surface area contributed by atoms with E-state index in [1.54, 1.807) is 0 Å². The van der Waals surface area contributed by atoms with E-state index in [1.165, 1.54) is 17.5 Å². The fraction of sp³-hybridized carbons (Fsp3) is 0.625. The summed E-state index contributed by atoms with van der Waals surface area (Å²) in [6, 6.07) is 9.99. The molecule has 0 spiro atoms. The highest BCUT2D eigenvalue weighted by atomic mass is 15.2. The van der Waals surface area contributed by atoms with E-state index in [4.69, 9.17) is 5.73 Å². The second-order valence-electron chi connectivity index (χ2n) is 5.92. The van der Waals surface area contributed by atoms with Crippen LogP contribution < -0.4 is 5.73 Å². The summed E-state index contributed by atoms with van der Waals surface area (Å²) in [7, 11) is 2.19. The molecule has 1 aromatic carbocycles. The molecule has 3 nitrogen and oxygen atoms in total. The molecule has 0 aliphatic carbocycles. The van der Waals surface area contributed by atoms with Crippen molar-refractivity contribution in [2.45, 2.75) is 38.9 Å². The molecule has 2 N–H and O–H groups in total. The highest BCUT2D eigenvalue weighted by Gasteiger charge is 2.25. The average Bonchev–Trinajstić information content (AvgIpc) is 2.54. The number of aryl methyl sites for hydroxylation is 1. The Kier molecular flexibility index (Phi) is 4.97. The summed E-state index contributed by atoms with van der Waals surface area (Å²) in [5, 5.41) is 0. The minimum atomic E-state index is 0.482. The first-order chi connectivity index (χ1) is 9.10. The molecule has 2 rings (SSSR count). The smallest absolute Gasteiger partial charge is 0.0342 e. The summed E-state index contributed by atoms with van der Waals surface area (Å²) < 4.78 is 0. The van der Waals surface area contributed by atoms with Gasteiger partial charge in [-0.3, -0.25) is 4.90 Å². The second-order valence-corrected chi connectivity index (χ2v) is 5.92. The molecular weight excluding hydrogens is 234 g/mol. The van der Waals surface area contributed by atoms with Crippen LogP contribution in [0.5, 0.6) is 0 Å². The Morgan fingerprint density at radius 1 is 1.26 bits per heavy atom. The van der Waals surface area contributed by atoms with Crippen LogP contribution in [0.15, 0.2) is 24.3 Å². The molecule has 0 amide bonds. The Morgan fingerprint density at radius 3 is 2.58 bits per heavy atom. The highest BCUT2D eigenvalue weighted by molar-refractivity contribution is 5.21. The number of likely N-dealkylation sites (N-methyl/N-ethyl adjacent to an activating group) is 1. The van der Waals surface area contributed by atoms with Crippen LogP contribution >= 0.6 is 0 Å². The van der Waals surface area contributed by atoms with Crippen molar-refractivity contribution in [2.24, 2.45) is 5.73 Å². The van der Waals surface area contributed by atoms with Crippen LogP contribution in [0.4, 0.5) is 0 Å². The molecule has 0 saturated carbocycles. The van der Waals surface area contributed by atoms with Gasteiger partial charge in [0.25, 0.3) is 0 Å². The highest BCUT2D eigenvalue weighted by Crippen LogP contribution is 2.17. The third-order valence-corrected chi connectivity index (χ3v) is 4.37. The maximum absolute atomic E-state index is 5.92. The summed E-state index contributed by atoms with van der Waals surface area (Å²) >= 11 is 0. The first kappa shape index (κ1) is 14.5. The lowest BCUT2D eigenvalue weighted by molar-refractivity contribution is 0.176. The molecule has 2 unspecified atom stereocenters. The SMILES string of the molecule is Cc1ccc(CN2CC(CN)N(C)CCC2C)cc1. The van der Waals surface area contributed by atoms with Crippen LogP contribution in [0.25, 0.3) is 0 Å². The zero-order valence-corrected chi connectivity index (χ0v) is 12.5. The lowest BCUT2D eigenvalue weighted by Gasteiger charge is -2.30. The van der Waals surface area contributed by atoms with Gasteiger partial charge in [-0.2, -0.15) is 0 Å². The number of hydrogen-bond donors (Lipinski definition) is 1. The quantitative estimate of drug-likeness (QED) is 0.901. The molecule has 19 heavy (non-hydrogen) atoms. The Hall–Kier alpha value is -0.900. The van der Waals surface area contributed by atoms with E-state index >= 15 is 0 Å². The van der Waals surface area contributed by atoms with Crippen molar-refractivity contribution in [3.63, 3.8) is 0 Å². The molecular formula is C16H27N3. The summed E-state index contributed by atoms with van der Waals surface area (Å²) in [6.07, 6.45) is 1.22. The van der Waals surface area contributed by atoms with Gasteiger partial charge in [-0.15, -0.1) is 0 Å². The maximum Gasteiger partial charge on any atom is 0.0342 e. The van der Waals surface area contributed by atoms with Crippen molar-refractivity contribution >= 4 is 0 Å². The third kappa shape index (κ3) is 3.78. The fourth-order valence-corrected chi connectivity index (χ4v) is 2.75. The largest absolute Gasteiger partial charge is 0.329 e. The van der Waals surface area contributed by atoms with Gasteiger partial charge in [0.15, 0.2) is 0 Å². The van der Waals surface area contributed by atoms with E-state index in [0.29, 0.717) is 12.1 Å². The van der Waals surface area contributed by atoms with Gasteiger partial charge in [0.2, 0.25) is 0 Å². The lowest BCUT2D eigenvalue weighted by atomic mass is 10.1.